The summed E-state index contributed by atoms with van der Waals surface area (Å²) in [6, 6.07) is 6.22. The fourth-order valence-corrected chi connectivity index (χ4v) is 3.30. The molecule has 23 heavy (non-hydrogen) atoms. The van der Waals surface area contributed by atoms with Gasteiger partial charge in [0.1, 0.15) is 5.75 Å². The van der Waals surface area contributed by atoms with Crippen LogP contribution >= 0.6 is 0 Å². The Balaban J connectivity index is 2.06. The van der Waals surface area contributed by atoms with E-state index < -0.39 is 15.9 Å². The van der Waals surface area contributed by atoms with Crippen LogP contribution in [0.2, 0.25) is 0 Å². The van der Waals surface area contributed by atoms with E-state index in [9.17, 15) is 13.2 Å². The summed E-state index contributed by atoms with van der Waals surface area (Å²) in [4.78, 5) is 14.6. The van der Waals surface area contributed by atoms with Gasteiger partial charge in [-0.05, 0) is 42.5 Å². The molecule has 0 spiro atoms. The molecule has 0 N–H and O–H groups in total. The van der Waals surface area contributed by atoms with Crippen molar-refractivity contribution in [2.24, 2.45) is 5.41 Å². The Morgan fingerprint density at radius 1 is 1.22 bits per heavy atom. The van der Waals surface area contributed by atoms with E-state index in [1.54, 1.807) is 12.1 Å². The molecule has 0 radical (unpaired) electrons. The van der Waals surface area contributed by atoms with Crippen molar-refractivity contribution in [1.82, 2.24) is 4.90 Å². The topological polar surface area (TPSA) is 63.7 Å². The molecule has 1 fully saturated rings. The highest BCUT2D eigenvalue weighted by Gasteiger charge is 2.32. The molecule has 128 valence electrons. The Labute approximate surface area is 138 Å². The zero-order valence-corrected chi connectivity index (χ0v) is 15.0. The van der Waals surface area contributed by atoms with E-state index in [4.69, 9.17) is 4.74 Å². The van der Waals surface area contributed by atoms with Gasteiger partial charge in [0.25, 0.3) is 5.91 Å². The summed E-state index contributed by atoms with van der Waals surface area (Å²) < 4.78 is 28.7. The zero-order chi connectivity index (χ0) is 17.3. The lowest BCUT2D eigenvalue weighted by Gasteiger charge is -2.36. The molecule has 1 amide bonds. The van der Waals surface area contributed by atoms with Gasteiger partial charge in [-0.2, -0.15) is 0 Å². The number of benzene rings is 1. The molecule has 5 nitrogen and oxygen atoms in total. The van der Waals surface area contributed by atoms with Gasteiger partial charge in [0.2, 0.25) is 0 Å². The number of amides is 1. The molecule has 1 aromatic carbocycles. The van der Waals surface area contributed by atoms with Crippen molar-refractivity contribution in [2.45, 2.75) is 44.6 Å². The zero-order valence-electron chi connectivity index (χ0n) is 14.2. The monoisotopic (exact) mass is 339 g/mol. The van der Waals surface area contributed by atoms with Crippen LogP contribution in [0.25, 0.3) is 0 Å². The van der Waals surface area contributed by atoms with Crippen LogP contribution in [0.1, 0.15) is 33.6 Å². The third-order valence-corrected chi connectivity index (χ3v) is 4.81. The third kappa shape index (κ3) is 4.96. The second-order valence-corrected chi connectivity index (χ2v) is 9.33. The first-order valence-electron chi connectivity index (χ1n) is 7.82. The Morgan fingerprint density at radius 2 is 1.83 bits per heavy atom. The van der Waals surface area contributed by atoms with Crippen molar-refractivity contribution in [1.29, 1.82) is 0 Å². The SMILES string of the molecule is CC(C)(C)CN1CCCC(Oc2ccc(S(C)(=O)=O)cc2)C1=O. The van der Waals surface area contributed by atoms with E-state index in [1.807, 2.05) is 4.90 Å². The lowest BCUT2D eigenvalue weighted by molar-refractivity contribution is -0.143. The van der Waals surface area contributed by atoms with Crippen molar-refractivity contribution < 1.29 is 17.9 Å². The van der Waals surface area contributed by atoms with Crippen LogP contribution in [0.15, 0.2) is 29.2 Å². The van der Waals surface area contributed by atoms with Gasteiger partial charge in [-0.3, -0.25) is 4.79 Å². The normalized spacial score (nSPS) is 19.7. The van der Waals surface area contributed by atoms with Crippen LogP contribution in [0, 0.1) is 5.41 Å². The first-order chi connectivity index (χ1) is 10.6. The highest BCUT2D eigenvalue weighted by atomic mass is 32.2. The molecule has 0 aromatic heterocycles. The summed E-state index contributed by atoms with van der Waals surface area (Å²) >= 11 is 0. The van der Waals surface area contributed by atoms with Gasteiger partial charge in [-0.1, -0.05) is 20.8 Å². The standard InChI is InChI=1S/C17H25NO4S/c1-17(2,3)12-18-11-5-6-15(16(18)19)22-13-7-9-14(10-8-13)23(4,20)21/h7-10,15H,5-6,11-12H2,1-4H3. The molecule has 0 bridgehead atoms. The number of nitrogens with zero attached hydrogens (tertiary/aromatic N) is 1. The predicted octanol–water partition coefficient (Wildman–Crippen LogP) is 2.51. The quantitative estimate of drug-likeness (QED) is 0.845. The second kappa shape index (κ2) is 6.51. The van der Waals surface area contributed by atoms with Crippen LogP contribution in [0.5, 0.6) is 5.75 Å². The Hall–Kier alpha value is -1.56. The molecule has 1 unspecified atom stereocenters. The molecule has 0 saturated carbocycles. The molecule has 6 heteroatoms. The first-order valence-corrected chi connectivity index (χ1v) is 9.71. The first kappa shape index (κ1) is 17.8. The van der Waals surface area contributed by atoms with E-state index >= 15 is 0 Å². The summed E-state index contributed by atoms with van der Waals surface area (Å²) in [6.07, 6.45) is 2.27. The van der Waals surface area contributed by atoms with Crippen molar-refractivity contribution in [3.8, 4) is 5.75 Å². The molecule has 0 aliphatic carbocycles. The molecular weight excluding hydrogens is 314 g/mol. The summed E-state index contributed by atoms with van der Waals surface area (Å²) in [7, 11) is -3.22. The fourth-order valence-electron chi connectivity index (χ4n) is 2.67. The lowest BCUT2D eigenvalue weighted by Crippen LogP contribution is -2.49. The average Bonchev–Trinajstić information content (AvgIpc) is 2.41. The van der Waals surface area contributed by atoms with E-state index in [2.05, 4.69) is 20.8 Å². The van der Waals surface area contributed by atoms with Gasteiger partial charge >= 0.3 is 0 Å². The molecule has 1 aliphatic heterocycles. The average molecular weight is 339 g/mol. The van der Waals surface area contributed by atoms with Gasteiger partial charge in [0.05, 0.1) is 4.90 Å². The van der Waals surface area contributed by atoms with Crippen molar-refractivity contribution in [3.05, 3.63) is 24.3 Å². The maximum atomic E-state index is 12.5. The molecule has 1 heterocycles. The molecule has 1 saturated heterocycles. The number of hydrogen-bond acceptors (Lipinski definition) is 4. The van der Waals surface area contributed by atoms with Crippen LogP contribution < -0.4 is 4.74 Å². The molecule has 1 atom stereocenters. The van der Waals surface area contributed by atoms with E-state index in [0.717, 1.165) is 19.2 Å². The van der Waals surface area contributed by atoms with Gasteiger partial charge in [0.15, 0.2) is 15.9 Å². The number of likely N-dealkylation sites (tertiary alicyclic amines) is 1. The van der Waals surface area contributed by atoms with Crippen molar-refractivity contribution in [3.63, 3.8) is 0 Å². The highest BCUT2D eigenvalue weighted by Crippen LogP contribution is 2.24. The maximum absolute atomic E-state index is 12.5. The minimum absolute atomic E-state index is 0.0124. The van der Waals surface area contributed by atoms with Crippen LogP contribution in [0.4, 0.5) is 0 Å². The fraction of sp³-hybridized carbons (Fsp3) is 0.588. The van der Waals surface area contributed by atoms with E-state index in [0.29, 0.717) is 18.7 Å². The number of carbonyl (C=O) groups is 1. The number of piperidine rings is 1. The summed E-state index contributed by atoms with van der Waals surface area (Å²) in [5, 5.41) is 0. The Morgan fingerprint density at radius 3 is 2.35 bits per heavy atom. The maximum Gasteiger partial charge on any atom is 0.263 e. The molecule has 2 rings (SSSR count). The third-order valence-electron chi connectivity index (χ3n) is 3.68. The predicted molar refractivity (Wildman–Crippen MR) is 89.2 cm³/mol. The number of hydrogen-bond donors (Lipinski definition) is 0. The van der Waals surface area contributed by atoms with E-state index in [-0.39, 0.29) is 16.2 Å². The molecule has 1 aromatic rings. The lowest BCUT2D eigenvalue weighted by atomic mass is 9.94. The van der Waals surface area contributed by atoms with Crippen LogP contribution in [-0.4, -0.2) is 44.7 Å². The largest absolute Gasteiger partial charge is 0.481 e. The smallest absolute Gasteiger partial charge is 0.263 e. The van der Waals surface area contributed by atoms with Gasteiger partial charge < -0.3 is 9.64 Å². The highest BCUT2D eigenvalue weighted by molar-refractivity contribution is 7.90. The van der Waals surface area contributed by atoms with E-state index in [1.165, 1.54) is 12.1 Å². The van der Waals surface area contributed by atoms with Crippen LogP contribution in [-0.2, 0) is 14.6 Å². The molecular formula is C17H25NO4S. The van der Waals surface area contributed by atoms with Crippen LogP contribution in [0.3, 0.4) is 0 Å². The number of sulfone groups is 1. The summed E-state index contributed by atoms with van der Waals surface area (Å²) in [5.74, 6) is 0.534. The molecule has 1 aliphatic rings. The Bertz CT molecular complexity index is 659. The number of carbonyl (C=O) groups excluding carboxylic acids is 1. The Kier molecular flexibility index (Phi) is 5.04. The minimum Gasteiger partial charge on any atom is -0.481 e. The second-order valence-electron chi connectivity index (χ2n) is 7.31. The summed E-state index contributed by atoms with van der Waals surface area (Å²) in [5.41, 5.74) is 0.0503. The summed E-state index contributed by atoms with van der Waals surface area (Å²) in [6.45, 7) is 7.79. The number of rotatable bonds is 4. The van der Waals surface area contributed by atoms with Crippen molar-refractivity contribution >= 4 is 15.7 Å². The van der Waals surface area contributed by atoms with Gasteiger partial charge in [0, 0.05) is 19.3 Å². The minimum atomic E-state index is -3.22. The van der Waals surface area contributed by atoms with Crippen molar-refractivity contribution in [2.75, 3.05) is 19.3 Å². The van der Waals surface area contributed by atoms with Gasteiger partial charge in [-0.15, -0.1) is 0 Å². The van der Waals surface area contributed by atoms with Gasteiger partial charge in [-0.25, -0.2) is 8.42 Å². The number of ether oxygens (including phenoxy) is 1.